The molecule has 1 aromatic carbocycles. The third kappa shape index (κ3) is 2.09. The normalized spacial score (nSPS) is 23.9. The van der Waals surface area contributed by atoms with Crippen molar-refractivity contribution in [1.82, 2.24) is 10.2 Å². The third-order valence-electron chi connectivity index (χ3n) is 3.38. The molecule has 0 saturated heterocycles. The number of alkyl halides is 3. The molecule has 1 aromatic rings. The number of carbonyl (C=O) groups is 1. The lowest BCUT2D eigenvalue weighted by Crippen LogP contribution is -2.68. The number of hydrogen-bond acceptors (Lipinski definition) is 2. The van der Waals surface area contributed by atoms with E-state index in [1.807, 2.05) is 5.32 Å². The fourth-order valence-electron chi connectivity index (χ4n) is 2.43. The van der Waals surface area contributed by atoms with Crippen LogP contribution in [0.25, 0.3) is 0 Å². The fraction of sp³-hybridized carbons (Fsp3) is 0.143. The first-order valence-electron chi connectivity index (χ1n) is 6.22. The van der Waals surface area contributed by atoms with Crippen molar-refractivity contribution < 1.29 is 18.0 Å². The Kier molecular flexibility index (Phi) is 3.25. The topological polar surface area (TPSA) is 44.7 Å². The zero-order valence-electron chi connectivity index (χ0n) is 10.9. The Labute approximate surface area is 128 Å². The second-order valence-electron chi connectivity index (χ2n) is 4.69. The monoisotopic (exact) mass is 327 g/mol. The molecule has 0 spiro atoms. The number of nitrogens with zero attached hydrogens (tertiary/aromatic N) is 2. The predicted molar refractivity (Wildman–Crippen MR) is 75.3 cm³/mol. The second-order valence-corrected chi connectivity index (χ2v) is 5.12. The Morgan fingerprint density at radius 1 is 1.18 bits per heavy atom. The van der Waals surface area contributed by atoms with Gasteiger partial charge in [-0.2, -0.15) is 18.2 Å². The van der Waals surface area contributed by atoms with Crippen LogP contribution < -0.4 is 5.32 Å². The van der Waals surface area contributed by atoms with Gasteiger partial charge in [0.25, 0.3) is 0 Å². The van der Waals surface area contributed by atoms with Crippen molar-refractivity contribution in [3.05, 3.63) is 59.3 Å². The number of amides is 2. The Morgan fingerprint density at radius 3 is 2.50 bits per heavy atom. The lowest BCUT2D eigenvalue weighted by atomic mass is 9.95. The maximum Gasteiger partial charge on any atom is 0.435 e. The van der Waals surface area contributed by atoms with Crippen LogP contribution in [0.15, 0.2) is 53.7 Å². The molecule has 0 aromatic heterocycles. The number of nitrogens with one attached hydrogen (secondary N) is 1. The quantitative estimate of drug-likeness (QED) is 0.857. The molecule has 2 aliphatic heterocycles. The van der Waals surface area contributed by atoms with Crippen LogP contribution in [-0.2, 0) is 5.66 Å². The minimum absolute atomic E-state index is 0.0847. The van der Waals surface area contributed by atoms with Crippen molar-refractivity contribution in [2.75, 3.05) is 0 Å². The lowest BCUT2D eigenvalue weighted by molar-refractivity contribution is -0.227. The van der Waals surface area contributed by atoms with Crippen molar-refractivity contribution in [3.8, 4) is 0 Å². The summed E-state index contributed by atoms with van der Waals surface area (Å²) in [5, 5.41) is 2.25. The first-order valence-corrected chi connectivity index (χ1v) is 6.60. The summed E-state index contributed by atoms with van der Waals surface area (Å²) >= 11 is 5.75. The van der Waals surface area contributed by atoms with E-state index in [0.29, 0.717) is 5.02 Å². The van der Waals surface area contributed by atoms with Crippen LogP contribution in [0.2, 0.25) is 5.02 Å². The molecule has 1 atom stereocenters. The van der Waals surface area contributed by atoms with Gasteiger partial charge in [0.2, 0.25) is 5.66 Å². The molecular formula is C14H9ClF3N3O. The zero-order chi connectivity index (χ0) is 16.0. The van der Waals surface area contributed by atoms with E-state index < -0.39 is 17.9 Å². The number of halogens is 4. The average Bonchev–Trinajstić information content (AvgIpc) is 2.46. The summed E-state index contributed by atoms with van der Waals surface area (Å²) in [7, 11) is 0. The van der Waals surface area contributed by atoms with Gasteiger partial charge in [0, 0.05) is 16.8 Å². The largest absolute Gasteiger partial charge is 0.435 e. The van der Waals surface area contributed by atoms with Crippen LogP contribution in [0, 0.1) is 0 Å². The zero-order valence-corrected chi connectivity index (χ0v) is 11.7. The summed E-state index contributed by atoms with van der Waals surface area (Å²) in [6, 6.07) is 4.08. The van der Waals surface area contributed by atoms with Crippen LogP contribution in [0.3, 0.4) is 0 Å². The van der Waals surface area contributed by atoms with E-state index in [9.17, 15) is 18.0 Å². The predicted octanol–water partition coefficient (Wildman–Crippen LogP) is 3.56. The number of benzene rings is 1. The minimum atomic E-state index is -4.78. The van der Waals surface area contributed by atoms with E-state index in [0.717, 1.165) is 4.90 Å². The van der Waals surface area contributed by atoms with Gasteiger partial charge in [-0.1, -0.05) is 29.8 Å². The van der Waals surface area contributed by atoms with E-state index in [2.05, 4.69) is 4.99 Å². The molecule has 0 fully saturated rings. The molecule has 114 valence electrons. The van der Waals surface area contributed by atoms with Crippen molar-refractivity contribution >= 4 is 23.5 Å². The SMILES string of the molecule is O=C1N=C2C=CC=CN2[C@](c2ccc(Cl)cc2)(C(F)(F)F)N1. The number of hydrogen-bond donors (Lipinski definition) is 1. The van der Waals surface area contributed by atoms with Gasteiger partial charge >= 0.3 is 12.2 Å². The number of aliphatic imine (C=N–C) groups is 1. The van der Waals surface area contributed by atoms with Crippen molar-refractivity contribution in [3.63, 3.8) is 0 Å². The Balaban J connectivity index is 2.25. The van der Waals surface area contributed by atoms with Gasteiger partial charge in [0.05, 0.1) is 0 Å². The van der Waals surface area contributed by atoms with Crippen LogP contribution in [0.1, 0.15) is 5.56 Å². The average molecular weight is 328 g/mol. The van der Waals surface area contributed by atoms with Gasteiger partial charge < -0.3 is 5.32 Å². The van der Waals surface area contributed by atoms with Crippen molar-refractivity contribution in [2.45, 2.75) is 11.8 Å². The van der Waals surface area contributed by atoms with Gasteiger partial charge in [-0.3, -0.25) is 4.90 Å². The highest BCUT2D eigenvalue weighted by Crippen LogP contribution is 2.44. The minimum Gasteiger partial charge on any atom is -0.301 e. The molecule has 22 heavy (non-hydrogen) atoms. The molecule has 3 rings (SSSR count). The molecule has 1 N–H and O–H groups in total. The molecule has 0 bridgehead atoms. The molecule has 0 unspecified atom stereocenters. The van der Waals surface area contributed by atoms with Crippen LogP contribution >= 0.6 is 11.6 Å². The lowest BCUT2D eigenvalue weighted by Gasteiger charge is -2.46. The van der Waals surface area contributed by atoms with Gasteiger partial charge in [-0.15, -0.1) is 0 Å². The molecule has 8 heteroatoms. The summed E-state index contributed by atoms with van der Waals surface area (Å²) in [5.74, 6) is -0.0847. The number of amidine groups is 1. The molecule has 2 heterocycles. The number of carbonyl (C=O) groups excluding carboxylic acids is 1. The Bertz CT molecular complexity index is 709. The first kappa shape index (κ1) is 14.6. The standard InChI is InChI=1S/C14H9ClF3N3O/c15-10-6-4-9(5-7-10)13(14(16,17)18)20-12(22)19-11-3-1-2-8-21(11)13/h1-8H,(H,20,22)/t13-/m1/s1. The number of allylic oxidation sites excluding steroid dienone is 2. The summed E-state index contributed by atoms with van der Waals surface area (Å²) in [6.07, 6.45) is 0.729. The maximum atomic E-state index is 13.9. The van der Waals surface area contributed by atoms with Crippen LogP contribution in [0.4, 0.5) is 18.0 Å². The molecule has 4 nitrogen and oxygen atoms in total. The number of fused-ring (bicyclic) bond motifs is 1. The van der Waals surface area contributed by atoms with Crippen molar-refractivity contribution in [1.29, 1.82) is 0 Å². The third-order valence-corrected chi connectivity index (χ3v) is 3.63. The van der Waals surface area contributed by atoms with Gasteiger partial charge in [-0.25, -0.2) is 4.79 Å². The van der Waals surface area contributed by atoms with Gasteiger partial charge in [0.15, 0.2) is 0 Å². The van der Waals surface area contributed by atoms with Gasteiger partial charge in [0.1, 0.15) is 5.84 Å². The van der Waals surface area contributed by atoms with E-state index in [1.165, 1.54) is 48.7 Å². The summed E-state index contributed by atoms with van der Waals surface area (Å²) in [6.45, 7) is 0. The van der Waals surface area contributed by atoms with E-state index in [-0.39, 0.29) is 11.4 Å². The Hall–Kier alpha value is -2.28. The molecule has 2 aliphatic rings. The van der Waals surface area contributed by atoms with E-state index in [4.69, 9.17) is 11.6 Å². The van der Waals surface area contributed by atoms with E-state index in [1.54, 1.807) is 0 Å². The second kappa shape index (κ2) is 4.88. The van der Waals surface area contributed by atoms with Crippen molar-refractivity contribution in [2.24, 2.45) is 4.99 Å². The number of urea groups is 1. The highest BCUT2D eigenvalue weighted by atomic mass is 35.5. The van der Waals surface area contributed by atoms with Crippen LogP contribution in [0.5, 0.6) is 0 Å². The molecule has 0 aliphatic carbocycles. The maximum absolute atomic E-state index is 13.9. The first-order chi connectivity index (χ1) is 10.3. The molecule has 0 saturated carbocycles. The smallest absolute Gasteiger partial charge is 0.301 e. The highest BCUT2D eigenvalue weighted by Gasteiger charge is 2.63. The summed E-state index contributed by atoms with van der Waals surface area (Å²) in [5.41, 5.74) is -2.89. The van der Waals surface area contributed by atoms with Gasteiger partial charge in [-0.05, 0) is 24.3 Å². The number of rotatable bonds is 1. The fourth-order valence-corrected chi connectivity index (χ4v) is 2.56. The molecule has 2 amide bonds. The molecule has 0 radical (unpaired) electrons. The van der Waals surface area contributed by atoms with E-state index >= 15 is 0 Å². The summed E-state index contributed by atoms with van der Waals surface area (Å²) in [4.78, 5) is 16.2. The molecular weight excluding hydrogens is 319 g/mol. The van der Waals surface area contributed by atoms with Crippen LogP contribution in [-0.4, -0.2) is 22.9 Å². The summed E-state index contributed by atoms with van der Waals surface area (Å²) < 4.78 is 41.8. The highest BCUT2D eigenvalue weighted by molar-refractivity contribution is 6.30. The Morgan fingerprint density at radius 2 is 1.86 bits per heavy atom.